The maximum Gasteiger partial charge on any atom is 0.153 e. The van der Waals surface area contributed by atoms with Crippen molar-refractivity contribution >= 4 is 11.8 Å². The summed E-state index contributed by atoms with van der Waals surface area (Å²) < 4.78 is 6.68. The van der Waals surface area contributed by atoms with E-state index >= 15 is 0 Å². The highest BCUT2D eigenvalue weighted by atomic mass is 16.5. The topological polar surface area (TPSA) is 43.6 Å². The standard InChI is InChI=1S/C10H10N2O2/c1-14-7-8-2-3-10-9(6-13)4-11-12(10)5-8/h2-6H,7H2,1H3. The molecule has 0 aliphatic rings. The summed E-state index contributed by atoms with van der Waals surface area (Å²) in [7, 11) is 1.64. The molecule has 14 heavy (non-hydrogen) atoms. The second-order valence-electron chi connectivity index (χ2n) is 3.02. The van der Waals surface area contributed by atoms with E-state index in [0.717, 1.165) is 17.4 Å². The molecular formula is C10H10N2O2. The maximum atomic E-state index is 10.6. The van der Waals surface area contributed by atoms with Gasteiger partial charge in [-0.2, -0.15) is 5.10 Å². The first kappa shape index (κ1) is 8.90. The number of carbonyl (C=O) groups excluding carboxylic acids is 1. The Morgan fingerprint density at radius 1 is 1.57 bits per heavy atom. The smallest absolute Gasteiger partial charge is 0.153 e. The van der Waals surface area contributed by atoms with Gasteiger partial charge in [-0.25, -0.2) is 4.52 Å². The minimum atomic E-state index is 0.548. The number of pyridine rings is 1. The van der Waals surface area contributed by atoms with E-state index in [-0.39, 0.29) is 0 Å². The lowest BCUT2D eigenvalue weighted by molar-refractivity contribution is 0.112. The van der Waals surface area contributed by atoms with E-state index < -0.39 is 0 Å². The Balaban J connectivity index is 2.51. The molecule has 4 heteroatoms. The summed E-state index contributed by atoms with van der Waals surface area (Å²) in [5.74, 6) is 0. The molecule has 2 rings (SSSR count). The second kappa shape index (κ2) is 3.59. The number of hydrogen-bond donors (Lipinski definition) is 0. The summed E-state index contributed by atoms with van der Waals surface area (Å²) in [6.07, 6.45) is 4.21. The molecule has 0 aliphatic carbocycles. The summed E-state index contributed by atoms with van der Waals surface area (Å²) in [6, 6.07) is 3.79. The van der Waals surface area contributed by atoms with Crippen molar-refractivity contribution in [1.82, 2.24) is 9.61 Å². The van der Waals surface area contributed by atoms with E-state index in [1.165, 1.54) is 0 Å². The lowest BCUT2D eigenvalue weighted by atomic mass is 10.2. The predicted molar refractivity (Wildman–Crippen MR) is 51.3 cm³/mol. The highest BCUT2D eigenvalue weighted by molar-refractivity contribution is 5.85. The molecule has 0 radical (unpaired) electrons. The Hall–Kier alpha value is -1.68. The van der Waals surface area contributed by atoms with Crippen LogP contribution in [-0.4, -0.2) is 23.0 Å². The van der Waals surface area contributed by atoms with Gasteiger partial charge in [0.15, 0.2) is 6.29 Å². The molecular weight excluding hydrogens is 180 g/mol. The van der Waals surface area contributed by atoms with Crippen molar-refractivity contribution in [2.24, 2.45) is 0 Å². The average Bonchev–Trinajstić information content (AvgIpc) is 2.60. The van der Waals surface area contributed by atoms with Crippen LogP contribution in [0.15, 0.2) is 24.5 Å². The van der Waals surface area contributed by atoms with Gasteiger partial charge in [-0.05, 0) is 11.6 Å². The Morgan fingerprint density at radius 2 is 2.43 bits per heavy atom. The average molecular weight is 190 g/mol. The molecule has 0 aromatic carbocycles. The Morgan fingerprint density at radius 3 is 3.14 bits per heavy atom. The lowest BCUT2D eigenvalue weighted by Crippen LogP contribution is -1.93. The Bertz CT molecular complexity index is 462. The van der Waals surface area contributed by atoms with Crippen molar-refractivity contribution in [3.05, 3.63) is 35.7 Å². The SMILES string of the molecule is COCc1ccc2c(C=O)cnn2c1. The number of ether oxygens (including phenoxy) is 1. The minimum absolute atomic E-state index is 0.548. The van der Waals surface area contributed by atoms with E-state index in [1.807, 2.05) is 18.3 Å². The van der Waals surface area contributed by atoms with Crippen molar-refractivity contribution in [3.63, 3.8) is 0 Å². The van der Waals surface area contributed by atoms with E-state index in [9.17, 15) is 4.79 Å². The zero-order valence-corrected chi connectivity index (χ0v) is 7.80. The molecule has 0 fully saturated rings. The summed E-state index contributed by atoms with van der Waals surface area (Å²) >= 11 is 0. The quantitative estimate of drug-likeness (QED) is 0.685. The van der Waals surface area contributed by atoms with Crippen LogP contribution in [0.5, 0.6) is 0 Å². The van der Waals surface area contributed by atoms with Crippen molar-refractivity contribution in [1.29, 1.82) is 0 Å². The number of hydrogen-bond acceptors (Lipinski definition) is 3. The van der Waals surface area contributed by atoms with Gasteiger partial charge in [0.25, 0.3) is 0 Å². The number of rotatable bonds is 3. The highest BCUT2D eigenvalue weighted by Crippen LogP contribution is 2.10. The number of carbonyl (C=O) groups is 1. The van der Waals surface area contributed by atoms with Crippen molar-refractivity contribution in [2.75, 3.05) is 7.11 Å². The number of fused-ring (bicyclic) bond motifs is 1. The van der Waals surface area contributed by atoms with E-state index in [2.05, 4.69) is 5.10 Å². The summed E-state index contributed by atoms with van der Waals surface area (Å²) in [4.78, 5) is 10.6. The Labute approximate surface area is 81.1 Å². The number of nitrogens with zero attached hydrogens (tertiary/aromatic N) is 2. The van der Waals surface area contributed by atoms with Crippen LogP contribution in [0.3, 0.4) is 0 Å². The summed E-state index contributed by atoms with van der Waals surface area (Å²) in [5, 5.41) is 4.06. The normalized spacial score (nSPS) is 10.6. The molecule has 4 nitrogen and oxygen atoms in total. The third-order valence-electron chi connectivity index (χ3n) is 2.05. The molecule has 0 aliphatic heterocycles. The van der Waals surface area contributed by atoms with Gasteiger partial charge in [0.2, 0.25) is 0 Å². The van der Waals surface area contributed by atoms with Gasteiger partial charge >= 0.3 is 0 Å². The first-order valence-electron chi connectivity index (χ1n) is 4.25. The molecule has 72 valence electrons. The van der Waals surface area contributed by atoms with Crippen LogP contribution in [0, 0.1) is 0 Å². The van der Waals surface area contributed by atoms with Gasteiger partial charge in [-0.1, -0.05) is 6.07 Å². The number of aromatic nitrogens is 2. The largest absolute Gasteiger partial charge is 0.380 e. The second-order valence-corrected chi connectivity index (χ2v) is 3.02. The van der Waals surface area contributed by atoms with Crippen LogP contribution >= 0.6 is 0 Å². The molecule has 2 aromatic rings. The number of aldehydes is 1. The third-order valence-corrected chi connectivity index (χ3v) is 2.05. The molecule has 2 heterocycles. The van der Waals surface area contributed by atoms with Gasteiger partial charge in [0.05, 0.1) is 23.9 Å². The molecule has 0 saturated carbocycles. The molecule has 0 spiro atoms. The van der Waals surface area contributed by atoms with Crippen molar-refractivity contribution in [2.45, 2.75) is 6.61 Å². The van der Waals surface area contributed by atoms with Crippen LogP contribution in [0.2, 0.25) is 0 Å². The fraction of sp³-hybridized carbons (Fsp3) is 0.200. The lowest BCUT2D eigenvalue weighted by Gasteiger charge is -2.00. The summed E-state index contributed by atoms with van der Waals surface area (Å²) in [6.45, 7) is 0.548. The zero-order chi connectivity index (χ0) is 9.97. The van der Waals surface area contributed by atoms with Gasteiger partial charge in [0, 0.05) is 13.3 Å². The van der Waals surface area contributed by atoms with Crippen LogP contribution in [0.4, 0.5) is 0 Å². The molecule has 0 unspecified atom stereocenters. The van der Waals surface area contributed by atoms with Crippen LogP contribution in [0.1, 0.15) is 15.9 Å². The van der Waals surface area contributed by atoms with Crippen molar-refractivity contribution in [3.8, 4) is 0 Å². The maximum absolute atomic E-state index is 10.6. The molecule has 0 N–H and O–H groups in total. The van der Waals surface area contributed by atoms with Gasteiger partial charge < -0.3 is 4.74 Å². The van der Waals surface area contributed by atoms with Crippen LogP contribution < -0.4 is 0 Å². The van der Waals surface area contributed by atoms with Gasteiger partial charge in [-0.3, -0.25) is 4.79 Å². The first-order valence-corrected chi connectivity index (χ1v) is 4.25. The molecule has 0 saturated heterocycles. The van der Waals surface area contributed by atoms with Gasteiger partial charge in [-0.15, -0.1) is 0 Å². The van der Waals surface area contributed by atoms with Gasteiger partial charge in [0.1, 0.15) is 0 Å². The summed E-state index contributed by atoms with van der Waals surface area (Å²) in [5.41, 5.74) is 2.45. The minimum Gasteiger partial charge on any atom is -0.380 e. The zero-order valence-electron chi connectivity index (χ0n) is 7.80. The van der Waals surface area contributed by atoms with E-state index in [4.69, 9.17) is 4.74 Å². The predicted octanol–water partition coefficient (Wildman–Crippen LogP) is 1.29. The number of methoxy groups -OCH3 is 1. The van der Waals surface area contributed by atoms with Crippen LogP contribution in [-0.2, 0) is 11.3 Å². The Kier molecular flexibility index (Phi) is 2.28. The van der Waals surface area contributed by atoms with E-state index in [1.54, 1.807) is 17.8 Å². The molecule has 2 aromatic heterocycles. The van der Waals surface area contributed by atoms with Crippen molar-refractivity contribution < 1.29 is 9.53 Å². The first-order chi connectivity index (χ1) is 6.85. The van der Waals surface area contributed by atoms with E-state index in [0.29, 0.717) is 12.2 Å². The third kappa shape index (κ3) is 1.40. The van der Waals surface area contributed by atoms with Crippen LogP contribution in [0.25, 0.3) is 5.52 Å². The molecule has 0 amide bonds. The highest BCUT2D eigenvalue weighted by Gasteiger charge is 2.02. The molecule has 0 atom stereocenters. The molecule has 0 bridgehead atoms. The fourth-order valence-corrected chi connectivity index (χ4v) is 1.39. The monoisotopic (exact) mass is 190 g/mol. The fourth-order valence-electron chi connectivity index (χ4n) is 1.39.